The Labute approximate surface area is 112 Å². The van der Waals surface area contributed by atoms with E-state index in [-0.39, 0.29) is 29.9 Å². The molecule has 0 aliphatic carbocycles. The number of aliphatic hydroxyl groups excluding tert-OH is 1. The van der Waals surface area contributed by atoms with E-state index in [1.54, 1.807) is 0 Å². The van der Waals surface area contributed by atoms with Crippen molar-refractivity contribution in [2.24, 2.45) is 0 Å². The van der Waals surface area contributed by atoms with Gasteiger partial charge in [-0.2, -0.15) is 0 Å². The Balaban J connectivity index is 2.54. The summed E-state index contributed by atoms with van der Waals surface area (Å²) >= 11 is 0. The first-order valence-electron chi connectivity index (χ1n) is 6.33. The van der Waals surface area contributed by atoms with E-state index in [0.29, 0.717) is 0 Å². The fourth-order valence-corrected chi connectivity index (χ4v) is 1.50. The number of hydrogen-bond donors (Lipinski definition) is 2. The van der Waals surface area contributed by atoms with Crippen LogP contribution in [-0.4, -0.2) is 23.7 Å². The van der Waals surface area contributed by atoms with E-state index in [9.17, 15) is 14.3 Å². The molecule has 0 aliphatic heterocycles. The molecule has 0 bridgehead atoms. The second kappa shape index (κ2) is 7.09. The number of amides is 1. The van der Waals surface area contributed by atoms with E-state index in [4.69, 9.17) is 4.74 Å². The van der Waals surface area contributed by atoms with Crippen molar-refractivity contribution in [3.63, 3.8) is 0 Å². The number of rotatable bonds is 6. The van der Waals surface area contributed by atoms with E-state index in [0.717, 1.165) is 6.42 Å². The maximum atomic E-state index is 13.5. The minimum absolute atomic E-state index is 0.0884. The molecule has 1 aromatic rings. The molecule has 1 unspecified atom stereocenters. The molecule has 0 radical (unpaired) electrons. The van der Waals surface area contributed by atoms with Crippen LogP contribution in [0.2, 0.25) is 0 Å². The smallest absolute Gasteiger partial charge is 0.258 e. The molecule has 1 aromatic carbocycles. The van der Waals surface area contributed by atoms with Crippen LogP contribution in [0, 0.1) is 5.82 Å². The lowest BCUT2D eigenvalue weighted by molar-refractivity contribution is -0.123. The first kappa shape index (κ1) is 15.4. The number of hydrogen-bond acceptors (Lipinski definition) is 3. The molecular weight excluding hydrogens is 249 g/mol. The monoisotopic (exact) mass is 269 g/mol. The van der Waals surface area contributed by atoms with Crippen LogP contribution in [0.15, 0.2) is 18.2 Å². The van der Waals surface area contributed by atoms with E-state index in [2.05, 4.69) is 5.32 Å². The molecule has 19 heavy (non-hydrogen) atoms. The molecule has 2 N–H and O–H groups in total. The Morgan fingerprint density at radius 2 is 2.16 bits per heavy atom. The first-order valence-corrected chi connectivity index (χ1v) is 6.33. The SMILES string of the molecule is CCC(C)NC(=O)COc1ccc([C@H](C)O)c(F)c1. The van der Waals surface area contributed by atoms with Crippen LogP contribution in [0.4, 0.5) is 4.39 Å². The molecule has 0 saturated heterocycles. The largest absolute Gasteiger partial charge is 0.484 e. The predicted molar refractivity (Wildman–Crippen MR) is 70.4 cm³/mol. The van der Waals surface area contributed by atoms with Gasteiger partial charge in [-0.05, 0) is 32.4 Å². The summed E-state index contributed by atoms with van der Waals surface area (Å²) in [6.07, 6.45) is -0.0357. The van der Waals surface area contributed by atoms with Gasteiger partial charge in [0, 0.05) is 17.7 Å². The lowest BCUT2D eigenvalue weighted by atomic mass is 10.1. The number of halogens is 1. The first-order chi connectivity index (χ1) is 8.93. The zero-order valence-corrected chi connectivity index (χ0v) is 11.4. The van der Waals surface area contributed by atoms with Crippen LogP contribution >= 0.6 is 0 Å². The lowest BCUT2D eigenvalue weighted by Crippen LogP contribution is -2.35. The van der Waals surface area contributed by atoms with Gasteiger partial charge in [-0.3, -0.25) is 4.79 Å². The number of carbonyl (C=O) groups excluding carboxylic acids is 1. The second-order valence-corrected chi connectivity index (χ2v) is 4.52. The quantitative estimate of drug-likeness (QED) is 0.832. The Bertz CT molecular complexity index is 435. The topological polar surface area (TPSA) is 58.6 Å². The van der Waals surface area contributed by atoms with E-state index < -0.39 is 11.9 Å². The summed E-state index contributed by atoms with van der Waals surface area (Å²) in [7, 11) is 0. The van der Waals surface area contributed by atoms with Crippen LogP contribution in [0.5, 0.6) is 5.75 Å². The second-order valence-electron chi connectivity index (χ2n) is 4.52. The third-order valence-corrected chi connectivity index (χ3v) is 2.81. The summed E-state index contributed by atoms with van der Waals surface area (Å²) in [6, 6.07) is 4.23. The van der Waals surface area contributed by atoms with Crippen molar-refractivity contribution in [2.45, 2.75) is 39.3 Å². The number of carbonyl (C=O) groups is 1. The number of aliphatic hydroxyl groups is 1. The van der Waals surface area contributed by atoms with E-state index in [1.807, 2.05) is 13.8 Å². The summed E-state index contributed by atoms with van der Waals surface area (Å²) in [6.45, 7) is 5.20. The summed E-state index contributed by atoms with van der Waals surface area (Å²) in [5.74, 6) is -0.523. The number of benzene rings is 1. The van der Waals surface area contributed by atoms with Crippen LogP contribution in [0.25, 0.3) is 0 Å². The van der Waals surface area contributed by atoms with Crippen LogP contribution in [0.3, 0.4) is 0 Å². The van der Waals surface area contributed by atoms with Gasteiger partial charge in [0.05, 0.1) is 6.10 Å². The molecule has 0 heterocycles. The molecule has 0 fully saturated rings. The minimum Gasteiger partial charge on any atom is -0.484 e. The molecule has 0 aliphatic rings. The number of ether oxygens (including phenoxy) is 1. The van der Waals surface area contributed by atoms with Crippen molar-refractivity contribution in [3.05, 3.63) is 29.6 Å². The predicted octanol–water partition coefficient (Wildman–Crippen LogP) is 2.17. The summed E-state index contributed by atoms with van der Waals surface area (Å²) in [5, 5.41) is 12.0. The molecule has 2 atom stereocenters. The van der Waals surface area contributed by atoms with Gasteiger partial charge in [-0.1, -0.05) is 6.92 Å². The van der Waals surface area contributed by atoms with Crippen molar-refractivity contribution >= 4 is 5.91 Å². The van der Waals surface area contributed by atoms with Gasteiger partial charge in [-0.15, -0.1) is 0 Å². The molecule has 1 amide bonds. The van der Waals surface area contributed by atoms with E-state index in [1.165, 1.54) is 25.1 Å². The fourth-order valence-electron chi connectivity index (χ4n) is 1.50. The van der Waals surface area contributed by atoms with Crippen molar-refractivity contribution in [1.82, 2.24) is 5.32 Å². The van der Waals surface area contributed by atoms with Crippen molar-refractivity contribution in [1.29, 1.82) is 0 Å². The van der Waals surface area contributed by atoms with Gasteiger partial charge in [0.2, 0.25) is 0 Å². The summed E-state index contributed by atoms with van der Waals surface area (Å²) in [4.78, 5) is 11.5. The molecule has 1 rings (SSSR count). The Morgan fingerprint density at radius 1 is 1.47 bits per heavy atom. The van der Waals surface area contributed by atoms with Crippen molar-refractivity contribution < 1.29 is 19.0 Å². The van der Waals surface area contributed by atoms with Crippen LogP contribution in [-0.2, 0) is 4.79 Å². The van der Waals surface area contributed by atoms with Gasteiger partial charge < -0.3 is 15.2 Å². The minimum atomic E-state index is -0.872. The molecule has 0 aromatic heterocycles. The highest BCUT2D eigenvalue weighted by Gasteiger charge is 2.10. The normalized spacial score (nSPS) is 13.7. The Morgan fingerprint density at radius 3 is 2.68 bits per heavy atom. The average Bonchev–Trinajstić information content (AvgIpc) is 2.35. The standard InChI is InChI=1S/C14H20FNO3/c1-4-9(2)16-14(18)8-19-11-5-6-12(10(3)17)13(15)7-11/h5-7,9-10,17H,4,8H2,1-3H3,(H,16,18)/t9?,10-/m0/s1. The Kier molecular flexibility index (Phi) is 5.76. The van der Waals surface area contributed by atoms with Crippen LogP contribution in [0.1, 0.15) is 38.9 Å². The highest BCUT2D eigenvalue weighted by molar-refractivity contribution is 5.77. The maximum Gasteiger partial charge on any atom is 0.258 e. The van der Waals surface area contributed by atoms with Gasteiger partial charge in [0.1, 0.15) is 11.6 Å². The molecule has 106 valence electrons. The third kappa shape index (κ3) is 4.87. The van der Waals surface area contributed by atoms with E-state index >= 15 is 0 Å². The maximum absolute atomic E-state index is 13.5. The summed E-state index contributed by atoms with van der Waals surface area (Å²) in [5.41, 5.74) is 0.205. The van der Waals surface area contributed by atoms with Crippen molar-refractivity contribution in [2.75, 3.05) is 6.61 Å². The third-order valence-electron chi connectivity index (χ3n) is 2.81. The lowest BCUT2D eigenvalue weighted by Gasteiger charge is -2.13. The molecule has 0 saturated carbocycles. The molecule has 4 nitrogen and oxygen atoms in total. The van der Waals surface area contributed by atoms with Gasteiger partial charge >= 0.3 is 0 Å². The molecular formula is C14H20FNO3. The zero-order chi connectivity index (χ0) is 14.4. The van der Waals surface area contributed by atoms with Crippen molar-refractivity contribution in [3.8, 4) is 5.75 Å². The highest BCUT2D eigenvalue weighted by Crippen LogP contribution is 2.21. The Hall–Kier alpha value is -1.62. The summed E-state index contributed by atoms with van der Waals surface area (Å²) < 4.78 is 18.7. The fraction of sp³-hybridized carbons (Fsp3) is 0.500. The average molecular weight is 269 g/mol. The van der Waals surface area contributed by atoms with Crippen LogP contribution < -0.4 is 10.1 Å². The molecule has 5 heteroatoms. The van der Waals surface area contributed by atoms with Gasteiger partial charge in [0.15, 0.2) is 6.61 Å². The highest BCUT2D eigenvalue weighted by atomic mass is 19.1. The molecule has 0 spiro atoms. The zero-order valence-electron chi connectivity index (χ0n) is 11.4. The number of nitrogens with one attached hydrogen (secondary N) is 1. The van der Waals surface area contributed by atoms with Gasteiger partial charge in [-0.25, -0.2) is 4.39 Å². The van der Waals surface area contributed by atoms with Gasteiger partial charge in [0.25, 0.3) is 5.91 Å².